The van der Waals surface area contributed by atoms with Crippen molar-refractivity contribution < 1.29 is 23.1 Å². The van der Waals surface area contributed by atoms with Gasteiger partial charge in [-0.05, 0) is 29.8 Å². The first-order valence-electron chi connectivity index (χ1n) is 7.01. The number of aromatic nitrogens is 2. The Hall–Kier alpha value is -3.42. The van der Waals surface area contributed by atoms with Gasteiger partial charge in [0.05, 0.1) is 6.42 Å². The SMILES string of the molecule is O=C(O)Cc1ccc2oc(Nc3nc4ccc(F)cc4o3)nc2c1. The van der Waals surface area contributed by atoms with E-state index in [1.807, 2.05) is 0 Å². The summed E-state index contributed by atoms with van der Waals surface area (Å²) in [6, 6.07) is 9.23. The number of benzene rings is 2. The largest absolute Gasteiger partial charge is 0.481 e. The van der Waals surface area contributed by atoms with Crippen LogP contribution in [0.1, 0.15) is 5.56 Å². The first kappa shape index (κ1) is 14.2. The highest BCUT2D eigenvalue weighted by atomic mass is 19.1. The first-order chi connectivity index (χ1) is 11.6. The second-order valence-electron chi connectivity index (χ2n) is 5.15. The van der Waals surface area contributed by atoms with Crippen molar-refractivity contribution in [3.05, 3.63) is 47.8 Å². The van der Waals surface area contributed by atoms with Gasteiger partial charge in [-0.1, -0.05) is 6.07 Å². The third kappa shape index (κ3) is 2.65. The number of hydrogen-bond donors (Lipinski definition) is 2. The van der Waals surface area contributed by atoms with Crippen LogP contribution in [0.3, 0.4) is 0 Å². The number of anilines is 2. The number of oxazole rings is 2. The molecule has 24 heavy (non-hydrogen) atoms. The number of nitrogens with one attached hydrogen (secondary N) is 1. The highest BCUT2D eigenvalue weighted by Crippen LogP contribution is 2.25. The normalized spacial score (nSPS) is 11.2. The van der Waals surface area contributed by atoms with Gasteiger partial charge < -0.3 is 13.9 Å². The summed E-state index contributed by atoms with van der Waals surface area (Å²) in [5, 5.41) is 11.6. The summed E-state index contributed by atoms with van der Waals surface area (Å²) < 4.78 is 24.1. The molecule has 0 aliphatic heterocycles. The topological polar surface area (TPSA) is 101 Å². The van der Waals surface area contributed by atoms with Crippen LogP contribution in [-0.4, -0.2) is 21.0 Å². The van der Waals surface area contributed by atoms with Crippen molar-refractivity contribution in [2.24, 2.45) is 0 Å². The molecule has 0 radical (unpaired) electrons. The molecule has 0 spiro atoms. The Kier molecular flexibility index (Phi) is 3.16. The van der Waals surface area contributed by atoms with Crippen LogP contribution < -0.4 is 5.32 Å². The lowest BCUT2D eigenvalue weighted by molar-refractivity contribution is -0.136. The second-order valence-corrected chi connectivity index (χ2v) is 5.15. The zero-order valence-corrected chi connectivity index (χ0v) is 12.1. The van der Waals surface area contributed by atoms with Gasteiger partial charge in [-0.2, -0.15) is 9.97 Å². The average Bonchev–Trinajstić information content (AvgIpc) is 3.08. The zero-order valence-electron chi connectivity index (χ0n) is 12.1. The molecule has 0 bridgehead atoms. The Morgan fingerprint density at radius 3 is 2.58 bits per heavy atom. The van der Waals surface area contributed by atoms with Crippen LogP contribution in [0, 0.1) is 5.82 Å². The van der Waals surface area contributed by atoms with E-state index >= 15 is 0 Å². The maximum absolute atomic E-state index is 13.2. The maximum atomic E-state index is 13.2. The van der Waals surface area contributed by atoms with E-state index in [1.165, 1.54) is 18.2 Å². The van der Waals surface area contributed by atoms with Crippen molar-refractivity contribution in [3.63, 3.8) is 0 Å². The van der Waals surface area contributed by atoms with Crippen LogP contribution in [0.2, 0.25) is 0 Å². The molecule has 0 aliphatic rings. The fraction of sp³-hybridized carbons (Fsp3) is 0.0625. The smallest absolute Gasteiger partial charge is 0.307 e. The molecule has 8 heteroatoms. The van der Waals surface area contributed by atoms with Crippen LogP contribution in [0.4, 0.5) is 16.4 Å². The fourth-order valence-corrected chi connectivity index (χ4v) is 2.35. The van der Waals surface area contributed by atoms with E-state index in [1.54, 1.807) is 18.2 Å². The minimum atomic E-state index is -0.921. The molecule has 0 atom stereocenters. The Labute approximate surface area is 133 Å². The van der Waals surface area contributed by atoms with E-state index < -0.39 is 11.8 Å². The molecule has 4 rings (SSSR count). The molecular weight excluding hydrogens is 317 g/mol. The molecule has 2 aromatic carbocycles. The molecule has 0 amide bonds. The molecule has 0 unspecified atom stereocenters. The van der Waals surface area contributed by atoms with Gasteiger partial charge in [0.25, 0.3) is 0 Å². The van der Waals surface area contributed by atoms with Crippen LogP contribution in [0.5, 0.6) is 0 Å². The quantitative estimate of drug-likeness (QED) is 0.591. The Morgan fingerprint density at radius 1 is 1.04 bits per heavy atom. The van der Waals surface area contributed by atoms with Gasteiger partial charge in [0.1, 0.15) is 16.9 Å². The lowest BCUT2D eigenvalue weighted by atomic mass is 10.1. The van der Waals surface area contributed by atoms with E-state index in [2.05, 4.69) is 15.3 Å². The molecule has 7 nitrogen and oxygen atoms in total. The van der Waals surface area contributed by atoms with E-state index in [-0.39, 0.29) is 18.5 Å². The highest BCUT2D eigenvalue weighted by molar-refractivity contribution is 5.79. The summed E-state index contributed by atoms with van der Waals surface area (Å²) in [4.78, 5) is 19.1. The van der Waals surface area contributed by atoms with Gasteiger partial charge in [-0.3, -0.25) is 10.1 Å². The van der Waals surface area contributed by atoms with Crippen molar-refractivity contribution in [3.8, 4) is 0 Å². The molecule has 4 aromatic rings. The fourth-order valence-electron chi connectivity index (χ4n) is 2.35. The van der Waals surface area contributed by atoms with Crippen molar-refractivity contribution >= 4 is 40.2 Å². The van der Waals surface area contributed by atoms with Crippen molar-refractivity contribution in [1.29, 1.82) is 0 Å². The summed E-state index contributed by atoms with van der Waals surface area (Å²) in [5.74, 6) is -1.34. The molecule has 2 heterocycles. The van der Waals surface area contributed by atoms with Gasteiger partial charge in [0, 0.05) is 6.07 Å². The monoisotopic (exact) mass is 327 g/mol. The van der Waals surface area contributed by atoms with Crippen LogP contribution in [-0.2, 0) is 11.2 Å². The number of halogens is 1. The maximum Gasteiger partial charge on any atom is 0.307 e. The molecule has 0 saturated carbocycles. The standard InChI is InChI=1S/C16H10FN3O4/c17-9-2-3-10-13(7-9)24-15(18-10)20-16-19-11-5-8(6-14(21)22)1-4-12(11)23-16/h1-5,7H,6H2,(H,21,22)(H,18,19,20). The molecule has 0 saturated heterocycles. The number of carboxylic acid groups (broad SMARTS) is 1. The van der Waals surface area contributed by atoms with Crippen molar-refractivity contribution in [1.82, 2.24) is 9.97 Å². The minimum Gasteiger partial charge on any atom is -0.481 e. The summed E-state index contributed by atoms with van der Waals surface area (Å²) in [5.41, 5.74) is 2.43. The summed E-state index contributed by atoms with van der Waals surface area (Å²) >= 11 is 0. The van der Waals surface area contributed by atoms with Gasteiger partial charge >= 0.3 is 18.0 Å². The molecule has 2 N–H and O–H groups in total. The predicted molar refractivity (Wildman–Crippen MR) is 82.6 cm³/mol. The first-order valence-corrected chi connectivity index (χ1v) is 7.01. The highest BCUT2D eigenvalue weighted by Gasteiger charge is 2.12. The Balaban J connectivity index is 1.64. The number of nitrogens with zero attached hydrogens (tertiary/aromatic N) is 2. The van der Waals surface area contributed by atoms with Gasteiger partial charge in [0.2, 0.25) is 0 Å². The number of aliphatic carboxylic acids is 1. The van der Waals surface area contributed by atoms with Gasteiger partial charge in [-0.25, -0.2) is 4.39 Å². The number of rotatable bonds is 4. The molecule has 120 valence electrons. The van der Waals surface area contributed by atoms with Crippen LogP contribution >= 0.6 is 0 Å². The molecule has 0 fully saturated rings. The average molecular weight is 327 g/mol. The third-order valence-electron chi connectivity index (χ3n) is 3.37. The van der Waals surface area contributed by atoms with E-state index in [4.69, 9.17) is 13.9 Å². The third-order valence-corrected chi connectivity index (χ3v) is 3.37. The second kappa shape index (κ2) is 5.34. The number of hydrogen-bond acceptors (Lipinski definition) is 6. The zero-order chi connectivity index (χ0) is 16.7. The Morgan fingerprint density at radius 2 is 1.79 bits per heavy atom. The van der Waals surface area contributed by atoms with Gasteiger partial charge in [0.15, 0.2) is 11.2 Å². The van der Waals surface area contributed by atoms with Crippen LogP contribution in [0.25, 0.3) is 22.2 Å². The van der Waals surface area contributed by atoms with Gasteiger partial charge in [-0.15, -0.1) is 0 Å². The van der Waals surface area contributed by atoms with Crippen LogP contribution in [0.15, 0.2) is 45.2 Å². The van der Waals surface area contributed by atoms with E-state index in [0.717, 1.165) is 0 Å². The summed E-state index contributed by atoms with van der Waals surface area (Å²) in [6.45, 7) is 0. The molecule has 0 aliphatic carbocycles. The predicted octanol–water partition coefficient (Wildman–Crippen LogP) is 3.48. The Bertz CT molecular complexity index is 1070. The van der Waals surface area contributed by atoms with Crippen molar-refractivity contribution in [2.45, 2.75) is 6.42 Å². The number of fused-ring (bicyclic) bond motifs is 2. The lowest BCUT2D eigenvalue weighted by Gasteiger charge is -1.94. The molecule has 2 aromatic heterocycles. The summed E-state index contributed by atoms with van der Waals surface area (Å²) in [6.07, 6.45) is -0.0950. The van der Waals surface area contributed by atoms with E-state index in [0.29, 0.717) is 27.8 Å². The summed E-state index contributed by atoms with van der Waals surface area (Å²) in [7, 11) is 0. The van der Waals surface area contributed by atoms with E-state index in [9.17, 15) is 9.18 Å². The molecular formula is C16H10FN3O4. The van der Waals surface area contributed by atoms with Crippen molar-refractivity contribution in [2.75, 3.05) is 5.32 Å². The lowest BCUT2D eigenvalue weighted by Crippen LogP contribution is -1.99. The number of carbonyl (C=O) groups is 1. The minimum absolute atomic E-state index is 0.0950. The number of carboxylic acids is 1.